The van der Waals surface area contributed by atoms with Crippen molar-refractivity contribution in [1.29, 1.82) is 0 Å². The van der Waals surface area contributed by atoms with Crippen LogP contribution >= 0.6 is 0 Å². The predicted octanol–water partition coefficient (Wildman–Crippen LogP) is 2.84. The summed E-state index contributed by atoms with van der Waals surface area (Å²) in [6.45, 7) is 0. The number of rotatable bonds is 4. The Morgan fingerprint density at radius 3 is 2.68 bits per heavy atom. The van der Waals surface area contributed by atoms with E-state index in [9.17, 15) is 9.18 Å². The van der Waals surface area contributed by atoms with E-state index in [0.717, 1.165) is 5.56 Å². The van der Waals surface area contributed by atoms with Gasteiger partial charge >= 0.3 is 0 Å². The van der Waals surface area contributed by atoms with Crippen molar-refractivity contribution in [2.24, 2.45) is 0 Å². The van der Waals surface area contributed by atoms with Crippen LogP contribution in [-0.4, -0.2) is 12.9 Å². The third kappa shape index (κ3) is 3.10. The molecule has 2 aromatic rings. The van der Waals surface area contributed by atoms with Crippen LogP contribution in [0.25, 0.3) is 0 Å². The van der Waals surface area contributed by atoms with Gasteiger partial charge in [-0.15, -0.1) is 0 Å². The fraction of sp³-hybridized carbons (Fsp3) is 0.133. The number of anilines is 1. The summed E-state index contributed by atoms with van der Waals surface area (Å²) in [5.41, 5.74) is 7.38. The molecule has 98 valence electrons. The maximum atomic E-state index is 13.5. The third-order valence-electron chi connectivity index (χ3n) is 2.79. The number of hydrogen-bond acceptors (Lipinski definition) is 3. The van der Waals surface area contributed by atoms with E-state index in [-0.39, 0.29) is 18.0 Å². The van der Waals surface area contributed by atoms with Crippen LogP contribution in [0.3, 0.4) is 0 Å². The molecule has 3 nitrogen and oxygen atoms in total. The van der Waals surface area contributed by atoms with Crippen LogP contribution in [0.15, 0.2) is 42.5 Å². The summed E-state index contributed by atoms with van der Waals surface area (Å²) in [6.07, 6.45) is 0.191. The second-order valence-electron chi connectivity index (χ2n) is 4.19. The Hall–Kier alpha value is -2.36. The quantitative estimate of drug-likeness (QED) is 0.678. The van der Waals surface area contributed by atoms with Crippen LogP contribution in [0.4, 0.5) is 10.1 Å². The van der Waals surface area contributed by atoms with Gasteiger partial charge in [-0.3, -0.25) is 4.79 Å². The molecule has 0 bridgehead atoms. The molecule has 0 spiro atoms. The van der Waals surface area contributed by atoms with Gasteiger partial charge in [0.1, 0.15) is 0 Å². The highest BCUT2D eigenvalue weighted by Gasteiger charge is 2.11. The second kappa shape index (κ2) is 5.52. The van der Waals surface area contributed by atoms with Gasteiger partial charge in [0.2, 0.25) is 0 Å². The number of methoxy groups -OCH3 is 1. The van der Waals surface area contributed by atoms with Crippen LogP contribution in [-0.2, 0) is 6.42 Å². The van der Waals surface area contributed by atoms with Gasteiger partial charge in [0, 0.05) is 17.7 Å². The van der Waals surface area contributed by atoms with Gasteiger partial charge < -0.3 is 10.5 Å². The molecule has 2 N–H and O–H groups in total. The van der Waals surface area contributed by atoms with Gasteiger partial charge in [-0.1, -0.05) is 12.1 Å². The normalized spacial score (nSPS) is 10.2. The minimum Gasteiger partial charge on any atom is -0.494 e. The smallest absolute Gasteiger partial charge is 0.167 e. The Bertz CT molecular complexity index is 611. The van der Waals surface area contributed by atoms with Gasteiger partial charge in [-0.05, 0) is 35.9 Å². The average Bonchev–Trinajstić information content (AvgIpc) is 2.38. The topological polar surface area (TPSA) is 52.3 Å². The number of hydrogen-bond donors (Lipinski definition) is 1. The number of nitrogens with two attached hydrogens (primary N) is 1. The van der Waals surface area contributed by atoms with E-state index in [0.29, 0.717) is 11.3 Å². The van der Waals surface area contributed by atoms with E-state index in [1.54, 1.807) is 24.3 Å². The summed E-state index contributed by atoms with van der Waals surface area (Å²) in [7, 11) is 1.38. The van der Waals surface area contributed by atoms with Crippen LogP contribution in [0.2, 0.25) is 0 Å². The number of ether oxygens (including phenoxy) is 1. The molecule has 0 aromatic heterocycles. The molecule has 4 heteroatoms. The molecule has 0 saturated heterocycles. The Morgan fingerprint density at radius 2 is 2.05 bits per heavy atom. The predicted molar refractivity (Wildman–Crippen MR) is 71.8 cm³/mol. The molecule has 2 aromatic carbocycles. The van der Waals surface area contributed by atoms with Gasteiger partial charge in [0.15, 0.2) is 17.3 Å². The van der Waals surface area contributed by atoms with Crippen LogP contribution in [0.5, 0.6) is 5.75 Å². The molecule has 0 heterocycles. The first kappa shape index (κ1) is 13.1. The van der Waals surface area contributed by atoms with Crippen molar-refractivity contribution in [3.63, 3.8) is 0 Å². The van der Waals surface area contributed by atoms with Crippen LogP contribution < -0.4 is 10.5 Å². The number of carbonyl (C=O) groups is 1. The number of nitrogen functional groups attached to an aromatic ring is 1. The van der Waals surface area contributed by atoms with Crippen molar-refractivity contribution in [2.45, 2.75) is 6.42 Å². The zero-order chi connectivity index (χ0) is 13.8. The summed E-state index contributed by atoms with van der Waals surface area (Å²) in [5, 5.41) is 0. The summed E-state index contributed by atoms with van der Waals surface area (Å²) in [4.78, 5) is 12.0. The second-order valence-corrected chi connectivity index (χ2v) is 4.19. The highest BCUT2D eigenvalue weighted by Crippen LogP contribution is 2.19. The SMILES string of the molecule is COc1ccc(C(=O)Cc2cccc(N)c2)cc1F. The molecule has 0 atom stereocenters. The van der Waals surface area contributed by atoms with Crippen molar-refractivity contribution in [2.75, 3.05) is 12.8 Å². The first-order valence-electron chi connectivity index (χ1n) is 5.81. The Kier molecular flexibility index (Phi) is 3.80. The Labute approximate surface area is 110 Å². The molecule has 0 saturated carbocycles. The van der Waals surface area contributed by atoms with Crippen LogP contribution in [0, 0.1) is 5.82 Å². The summed E-state index contributed by atoms with van der Waals surface area (Å²) in [6, 6.07) is 11.3. The standard InChI is InChI=1S/C15H14FNO2/c1-19-15-6-5-11(9-13(15)16)14(18)8-10-3-2-4-12(17)7-10/h2-7,9H,8,17H2,1H3. The van der Waals surface area contributed by atoms with Crippen molar-refractivity contribution >= 4 is 11.5 Å². The average molecular weight is 259 g/mol. The molecular weight excluding hydrogens is 245 g/mol. The van der Waals surface area contributed by atoms with Gasteiger partial charge in [-0.25, -0.2) is 4.39 Å². The molecular formula is C15H14FNO2. The summed E-state index contributed by atoms with van der Waals surface area (Å²) in [5.74, 6) is -0.575. The number of ketones is 1. The summed E-state index contributed by atoms with van der Waals surface area (Å²) < 4.78 is 18.3. The summed E-state index contributed by atoms with van der Waals surface area (Å²) >= 11 is 0. The molecule has 2 rings (SSSR count). The number of benzene rings is 2. The lowest BCUT2D eigenvalue weighted by molar-refractivity contribution is 0.0992. The molecule has 0 unspecified atom stereocenters. The minimum absolute atomic E-state index is 0.125. The highest BCUT2D eigenvalue weighted by atomic mass is 19.1. The highest BCUT2D eigenvalue weighted by molar-refractivity contribution is 5.97. The molecule has 19 heavy (non-hydrogen) atoms. The van der Waals surface area contributed by atoms with Crippen LogP contribution in [0.1, 0.15) is 15.9 Å². The maximum absolute atomic E-state index is 13.5. The molecule has 0 aliphatic rings. The molecule has 0 radical (unpaired) electrons. The van der Waals surface area contributed by atoms with E-state index in [1.165, 1.54) is 19.2 Å². The Balaban J connectivity index is 2.18. The van der Waals surface area contributed by atoms with Gasteiger partial charge in [0.05, 0.1) is 7.11 Å². The van der Waals surface area contributed by atoms with Gasteiger partial charge in [-0.2, -0.15) is 0 Å². The van der Waals surface area contributed by atoms with Crippen molar-refractivity contribution in [3.05, 3.63) is 59.4 Å². The zero-order valence-corrected chi connectivity index (χ0v) is 10.5. The van der Waals surface area contributed by atoms with E-state index in [4.69, 9.17) is 10.5 Å². The monoisotopic (exact) mass is 259 g/mol. The lowest BCUT2D eigenvalue weighted by atomic mass is 10.0. The molecule has 0 aliphatic carbocycles. The molecule has 0 amide bonds. The fourth-order valence-electron chi connectivity index (χ4n) is 1.83. The van der Waals surface area contributed by atoms with E-state index < -0.39 is 5.82 Å². The number of Topliss-reactive ketones (excluding diaryl/α,β-unsaturated/α-hetero) is 1. The van der Waals surface area contributed by atoms with Crippen molar-refractivity contribution in [1.82, 2.24) is 0 Å². The maximum Gasteiger partial charge on any atom is 0.167 e. The first-order chi connectivity index (χ1) is 9.10. The largest absolute Gasteiger partial charge is 0.494 e. The number of carbonyl (C=O) groups excluding carboxylic acids is 1. The zero-order valence-electron chi connectivity index (χ0n) is 10.5. The fourth-order valence-corrected chi connectivity index (χ4v) is 1.83. The lowest BCUT2D eigenvalue weighted by Crippen LogP contribution is -2.05. The van der Waals surface area contributed by atoms with E-state index >= 15 is 0 Å². The van der Waals surface area contributed by atoms with E-state index in [2.05, 4.69) is 0 Å². The minimum atomic E-state index is -0.541. The lowest BCUT2D eigenvalue weighted by Gasteiger charge is -2.05. The first-order valence-corrected chi connectivity index (χ1v) is 5.81. The molecule has 0 fully saturated rings. The van der Waals surface area contributed by atoms with Crippen molar-refractivity contribution in [3.8, 4) is 5.75 Å². The molecule has 0 aliphatic heterocycles. The van der Waals surface area contributed by atoms with E-state index in [1.807, 2.05) is 6.07 Å². The Morgan fingerprint density at radius 1 is 1.26 bits per heavy atom. The van der Waals surface area contributed by atoms with Gasteiger partial charge in [0.25, 0.3) is 0 Å². The number of halogens is 1. The third-order valence-corrected chi connectivity index (χ3v) is 2.79. The van der Waals surface area contributed by atoms with Crippen molar-refractivity contribution < 1.29 is 13.9 Å².